The van der Waals surface area contributed by atoms with E-state index in [1.165, 1.54) is 14.2 Å². The minimum absolute atomic E-state index is 0.180. The summed E-state index contributed by atoms with van der Waals surface area (Å²) in [5, 5.41) is 6.91. The summed E-state index contributed by atoms with van der Waals surface area (Å²) in [7, 11) is 3.07. The van der Waals surface area contributed by atoms with Crippen molar-refractivity contribution < 1.29 is 19.1 Å². The number of nitrogens with zero attached hydrogens (tertiary/aromatic N) is 2. The molecule has 196 valence electrons. The Morgan fingerprint density at radius 3 is 1.50 bits per heavy atom. The molecule has 1 aliphatic heterocycles. The fourth-order valence-corrected chi connectivity index (χ4v) is 4.50. The summed E-state index contributed by atoms with van der Waals surface area (Å²) in [6.07, 6.45) is 1.74. The van der Waals surface area contributed by atoms with Crippen LogP contribution in [0.25, 0.3) is 0 Å². The van der Waals surface area contributed by atoms with Gasteiger partial charge in [0.2, 0.25) is 0 Å². The molecule has 0 radical (unpaired) electrons. The minimum atomic E-state index is -0.180. The first kappa shape index (κ1) is 28.1. The van der Waals surface area contributed by atoms with Crippen LogP contribution in [0.2, 0.25) is 10.0 Å². The maximum atomic E-state index is 12.5. The van der Waals surface area contributed by atoms with Crippen molar-refractivity contribution >= 4 is 35.0 Å². The number of carbonyl (C=O) groups excluding carboxylic acids is 2. The summed E-state index contributed by atoms with van der Waals surface area (Å²) < 4.78 is 10.5. The van der Waals surface area contributed by atoms with Gasteiger partial charge in [-0.25, -0.2) is 0 Å². The third kappa shape index (κ3) is 8.27. The van der Waals surface area contributed by atoms with Crippen LogP contribution in [-0.4, -0.2) is 88.2 Å². The van der Waals surface area contributed by atoms with E-state index in [9.17, 15) is 9.59 Å². The Labute approximate surface area is 222 Å². The van der Waals surface area contributed by atoms with Crippen molar-refractivity contribution in [3.8, 4) is 11.5 Å². The van der Waals surface area contributed by atoms with Crippen LogP contribution in [0.1, 0.15) is 33.6 Å². The van der Waals surface area contributed by atoms with Gasteiger partial charge >= 0.3 is 0 Å². The summed E-state index contributed by atoms with van der Waals surface area (Å²) >= 11 is 12.0. The lowest BCUT2D eigenvalue weighted by atomic mass is 10.2. The third-order valence-corrected chi connectivity index (χ3v) is 6.62. The molecule has 0 aliphatic carbocycles. The normalized spacial score (nSPS) is 14.3. The van der Waals surface area contributed by atoms with Gasteiger partial charge in [-0.15, -0.1) is 0 Å². The average Bonchev–Trinajstić information content (AvgIpc) is 2.89. The lowest BCUT2D eigenvalue weighted by Gasteiger charge is -2.34. The molecule has 0 unspecified atom stereocenters. The molecule has 8 nitrogen and oxygen atoms in total. The number of amides is 2. The lowest BCUT2D eigenvalue weighted by Crippen LogP contribution is -2.47. The highest BCUT2D eigenvalue weighted by molar-refractivity contribution is 6.31. The molecule has 0 aromatic heterocycles. The topological polar surface area (TPSA) is 83.1 Å². The van der Waals surface area contributed by atoms with Gasteiger partial charge in [0.15, 0.2) is 0 Å². The fourth-order valence-electron chi connectivity index (χ4n) is 4.15. The van der Waals surface area contributed by atoms with E-state index >= 15 is 0 Å². The van der Waals surface area contributed by atoms with Gasteiger partial charge in [-0.05, 0) is 62.3 Å². The summed E-state index contributed by atoms with van der Waals surface area (Å²) in [4.78, 5) is 29.7. The Balaban J connectivity index is 1.28. The zero-order chi connectivity index (χ0) is 25.9. The van der Waals surface area contributed by atoms with E-state index in [1.54, 1.807) is 36.4 Å². The van der Waals surface area contributed by atoms with E-state index in [0.29, 0.717) is 45.8 Å². The van der Waals surface area contributed by atoms with Gasteiger partial charge in [-0.1, -0.05) is 23.2 Å². The molecule has 2 amide bonds. The van der Waals surface area contributed by atoms with Crippen LogP contribution < -0.4 is 20.1 Å². The van der Waals surface area contributed by atoms with Gasteiger partial charge in [-0.2, -0.15) is 0 Å². The van der Waals surface area contributed by atoms with Crippen LogP contribution in [0.5, 0.6) is 11.5 Å². The number of carbonyl (C=O) groups is 2. The Morgan fingerprint density at radius 1 is 0.750 bits per heavy atom. The second-order valence-corrected chi connectivity index (χ2v) is 9.46. The zero-order valence-corrected chi connectivity index (χ0v) is 22.3. The maximum absolute atomic E-state index is 12.5. The molecule has 0 spiro atoms. The summed E-state index contributed by atoms with van der Waals surface area (Å²) in [5.41, 5.74) is 0.892. The molecule has 0 saturated carbocycles. The second kappa shape index (κ2) is 14.3. The van der Waals surface area contributed by atoms with Crippen LogP contribution >= 0.6 is 23.2 Å². The molecule has 1 heterocycles. The highest BCUT2D eigenvalue weighted by Gasteiger charge is 2.17. The molecule has 1 fully saturated rings. The van der Waals surface area contributed by atoms with E-state index in [2.05, 4.69) is 20.4 Å². The van der Waals surface area contributed by atoms with Crippen molar-refractivity contribution in [1.82, 2.24) is 20.4 Å². The number of hydrogen-bond acceptors (Lipinski definition) is 6. The van der Waals surface area contributed by atoms with E-state index < -0.39 is 0 Å². The number of hydrogen-bond donors (Lipinski definition) is 2. The van der Waals surface area contributed by atoms with Crippen molar-refractivity contribution in [2.75, 3.05) is 66.6 Å². The van der Waals surface area contributed by atoms with E-state index in [1.807, 2.05) is 0 Å². The largest absolute Gasteiger partial charge is 0.496 e. The molecule has 3 rings (SSSR count). The Bertz CT molecular complexity index is 947. The molecule has 10 heteroatoms. The number of halogens is 2. The van der Waals surface area contributed by atoms with Crippen molar-refractivity contribution in [2.45, 2.75) is 12.8 Å². The molecule has 2 aromatic rings. The van der Waals surface area contributed by atoms with Crippen LogP contribution in [-0.2, 0) is 0 Å². The van der Waals surface area contributed by atoms with Gasteiger partial charge in [0, 0.05) is 49.3 Å². The zero-order valence-electron chi connectivity index (χ0n) is 20.8. The highest BCUT2D eigenvalue weighted by Crippen LogP contribution is 2.23. The first-order valence-corrected chi connectivity index (χ1v) is 12.8. The molecule has 36 heavy (non-hydrogen) atoms. The summed E-state index contributed by atoms with van der Waals surface area (Å²) in [5.74, 6) is 0.661. The Kier molecular flexibility index (Phi) is 11.1. The van der Waals surface area contributed by atoms with Crippen LogP contribution in [0, 0.1) is 0 Å². The highest BCUT2D eigenvalue weighted by atomic mass is 35.5. The van der Waals surface area contributed by atoms with E-state index in [4.69, 9.17) is 32.7 Å². The van der Waals surface area contributed by atoms with Gasteiger partial charge < -0.3 is 29.9 Å². The number of methoxy groups -OCH3 is 2. The fraction of sp³-hybridized carbons (Fsp3) is 0.462. The van der Waals surface area contributed by atoms with E-state index in [0.717, 1.165) is 52.1 Å². The predicted molar refractivity (Wildman–Crippen MR) is 143 cm³/mol. The molecule has 0 atom stereocenters. The first-order valence-electron chi connectivity index (χ1n) is 12.1. The standard InChI is InChI=1S/C26H34Cl2N4O4/c1-35-23-7-5-19(27)17-21(23)25(33)29-9-3-11-31-13-15-32(16-14-31)12-4-10-30-26(34)22-18-20(28)6-8-24(22)36-2/h5-8,17-18H,3-4,9-16H2,1-2H3,(H,29,33)(H,30,34). The minimum Gasteiger partial charge on any atom is -0.496 e. The van der Waals surface area contributed by atoms with Gasteiger partial charge in [0.1, 0.15) is 11.5 Å². The van der Waals surface area contributed by atoms with Crippen molar-refractivity contribution in [3.05, 3.63) is 57.6 Å². The first-order chi connectivity index (χ1) is 17.4. The van der Waals surface area contributed by atoms with Gasteiger partial charge in [-0.3, -0.25) is 9.59 Å². The van der Waals surface area contributed by atoms with E-state index in [-0.39, 0.29) is 11.8 Å². The van der Waals surface area contributed by atoms with Crippen LogP contribution in [0.3, 0.4) is 0 Å². The number of nitrogens with one attached hydrogen (secondary N) is 2. The maximum Gasteiger partial charge on any atom is 0.255 e. The monoisotopic (exact) mass is 536 g/mol. The van der Waals surface area contributed by atoms with Crippen LogP contribution in [0.4, 0.5) is 0 Å². The smallest absolute Gasteiger partial charge is 0.255 e. The van der Waals surface area contributed by atoms with Crippen molar-refractivity contribution in [3.63, 3.8) is 0 Å². The molecule has 2 N–H and O–H groups in total. The number of ether oxygens (including phenoxy) is 2. The Morgan fingerprint density at radius 2 is 1.14 bits per heavy atom. The summed E-state index contributed by atoms with van der Waals surface area (Å²) in [6.45, 7) is 6.99. The number of benzene rings is 2. The van der Waals surface area contributed by atoms with Gasteiger partial charge in [0.25, 0.3) is 11.8 Å². The molecule has 1 aliphatic rings. The molecule has 0 bridgehead atoms. The SMILES string of the molecule is COc1ccc(Cl)cc1C(=O)NCCCN1CCN(CCCNC(=O)c2cc(Cl)ccc2OC)CC1. The number of rotatable bonds is 12. The van der Waals surface area contributed by atoms with Crippen LogP contribution in [0.15, 0.2) is 36.4 Å². The quantitative estimate of drug-likeness (QED) is 0.403. The molecular formula is C26H34Cl2N4O4. The van der Waals surface area contributed by atoms with Crippen molar-refractivity contribution in [1.29, 1.82) is 0 Å². The van der Waals surface area contributed by atoms with Crippen molar-refractivity contribution in [2.24, 2.45) is 0 Å². The summed E-state index contributed by atoms with van der Waals surface area (Å²) in [6, 6.07) is 10.0. The van der Waals surface area contributed by atoms with Gasteiger partial charge in [0.05, 0.1) is 25.3 Å². The lowest BCUT2D eigenvalue weighted by molar-refractivity contribution is 0.0931. The predicted octanol–water partition coefficient (Wildman–Crippen LogP) is 3.57. The third-order valence-electron chi connectivity index (χ3n) is 6.15. The Hall–Kier alpha value is -2.52. The second-order valence-electron chi connectivity index (χ2n) is 8.59. The molecular weight excluding hydrogens is 503 g/mol. The molecule has 1 saturated heterocycles. The number of piperazine rings is 1. The average molecular weight is 537 g/mol. The molecule has 2 aromatic carbocycles.